The highest BCUT2D eigenvalue weighted by atomic mass is 32.2. The Labute approximate surface area is 176 Å². The minimum atomic E-state index is -1.22. The van der Waals surface area contributed by atoms with E-state index >= 15 is 0 Å². The van der Waals surface area contributed by atoms with Crippen molar-refractivity contribution in [3.8, 4) is 11.5 Å². The number of benzene rings is 1. The topological polar surface area (TPSA) is 177 Å². The number of carbonyl (C=O) groups excluding carboxylic acids is 2. The number of hydrogen-bond acceptors (Lipinski definition) is 8. The van der Waals surface area contributed by atoms with Gasteiger partial charge in [0.15, 0.2) is 11.5 Å². The molecule has 11 nitrogen and oxygen atoms in total. The first kappa shape index (κ1) is 23.3. The molecule has 30 heavy (non-hydrogen) atoms. The number of aliphatic carboxylic acids is 2. The smallest absolute Gasteiger partial charge is 0.322 e. The van der Waals surface area contributed by atoms with Crippen LogP contribution in [0, 0.1) is 0 Å². The highest BCUT2D eigenvalue weighted by Gasteiger charge is 2.22. The van der Waals surface area contributed by atoms with E-state index in [9.17, 15) is 19.2 Å². The zero-order valence-electron chi connectivity index (χ0n) is 16.0. The molecule has 0 radical (unpaired) electrons. The van der Waals surface area contributed by atoms with Crippen LogP contribution in [0.4, 0.5) is 0 Å². The number of carboxylic acid groups (broad SMARTS) is 2. The predicted molar refractivity (Wildman–Crippen MR) is 106 cm³/mol. The molecule has 0 fully saturated rings. The second-order valence-electron chi connectivity index (χ2n) is 6.42. The van der Waals surface area contributed by atoms with Crippen LogP contribution in [0.5, 0.6) is 11.5 Å². The van der Waals surface area contributed by atoms with Gasteiger partial charge in [-0.1, -0.05) is 6.07 Å². The molecule has 1 aromatic carbocycles. The van der Waals surface area contributed by atoms with Gasteiger partial charge in [-0.05, 0) is 24.1 Å². The third-order valence-corrected chi connectivity index (χ3v) is 5.16. The number of carboxylic acids is 2. The number of rotatable bonds is 12. The van der Waals surface area contributed by atoms with Crippen molar-refractivity contribution in [1.82, 2.24) is 10.6 Å². The molecule has 2 amide bonds. The minimum Gasteiger partial charge on any atom is -0.480 e. The fourth-order valence-corrected chi connectivity index (χ4v) is 3.47. The van der Waals surface area contributed by atoms with Gasteiger partial charge >= 0.3 is 11.9 Å². The van der Waals surface area contributed by atoms with E-state index in [0.717, 1.165) is 5.56 Å². The van der Waals surface area contributed by atoms with E-state index in [1.165, 1.54) is 11.8 Å². The van der Waals surface area contributed by atoms with Crippen LogP contribution in [0.2, 0.25) is 0 Å². The van der Waals surface area contributed by atoms with Crippen LogP contribution >= 0.6 is 11.8 Å². The summed E-state index contributed by atoms with van der Waals surface area (Å²) in [7, 11) is 0. The van der Waals surface area contributed by atoms with Gasteiger partial charge in [0.05, 0.1) is 0 Å². The van der Waals surface area contributed by atoms with Crippen molar-refractivity contribution in [3.05, 3.63) is 23.8 Å². The minimum absolute atomic E-state index is 0.0883. The van der Waals surface area contributed by atoms with Gasteiger partial charge in [-0.25, -0.2) is 0 Å². The number of nitrogens with one attached hydrogen (secondary N) is 2. The van der Waals surface area contributed by atoms with Crippen LogP contribution < -0.4 is 25.8 Å². The summed E-state index contributed by atoms with van der Waals surface area (Å²) >= 11 is 1.36. The number of ether oxygens (including phenoxy) is 2. The maximum absolute atomic E-state index is 12.3. The van der Waals surface area contributed by atoms with Crippen LogP contribution in [0.25, 0.3) is 0 Å². The molecule has 0 unspecified atom stereocenters. The third kappa shape index (κ3) is 7.44. The largest absolute Gasteiger partial charge is 0.480 e. The average molecular weight is 441 g/mol. The molecule has 2 rings (SSSR count). The first-order chi connectivity index (χ1) is 14.3. The second kappa shape index (κ2) is 11.3. The second-order valence-corrected chi connectivity index (χ2v) is 7.45. The number of thioether (sulfide) groups is 1. The standard InChI is InChI=1S/C18H23N3O8S/c19-11(18(26)27)2-4-15(22)21-12(17(25)20-6-16(23)24)8-30-7-10-1-3-13-14(5-10)29-9-28-13/h1,3,5,11-12H,2,4,6-9,19H2,(H,20,25)(H,21,22)(H,23,24)(H,26,27)/t11-,12-/m0/s1. The molecule has 2 atom stereocenters. The molecule has 0 aromatic heterocycles. The highest BCUT2D eigenvalue weighted by Crippen LogP contribution is 2.33. The van der Waals surface area contributed by atoms with Crippen molar-refractivity contribution < 1.29 is 38.9 Å². The van der Waals surface area contributed by atoms with Gasteiger partial charge < -0.3 is 36.1 Å². The maximum atomic E-state index is 12.3. The van der Waals surface area contributed by atoms with Crippen LogP contribution in [-0.4, -0.2) is 65.1 Å². The SMILES string of the molecule is N[C@@H](CCC(=O)N[C@@H](CSCc1ccc2c(c1)OCO2)C(=O)NCC(=O)O)C(=O)O. The molecule has 12 heteroatoms. The van der Waals surface area contributed by atoms with Gasteiger partial charge in [-0.2, -0.15) is 11.8 Å². The van der Waals surface area contributed by atoms with Crippen LogP contribution in [0.1, 0.15) is 18.4 Å². The summed E-state index contributed by atoms with van der Waals surface area (Å²) in [4.78, 5) is 45.8. The summed E-state index contributed by atoms with van der Waals surface area (Å²) in [5.74, 6) is -1.66. The molecule has 164 valence electrons. The first-order valence-corrected chi connectivity index (χ1v) is 10.1. The van der Waals surface area contributed by atoms with Gasteiger partial charge in [0.25, 0.3) is 0 Å². The summed E-state index contributed by atoms with van der Waals surface area (Å²) in [5.41, 5.74) is 6.30. The number of carbonyl (C=O) groups is 4. The lowest BCUT2D eigenvalue weighted by atomic mass is 10.1. The quantitative estimate of drug-likeness (QED) is 0.285. The Morgan fingerprint density at radius 1 is 1.17 bits per heavy atom. The lowest BCUT2D eigenvalue weighted by Crippen LogP contribution is -2.49. The molecule has 0 spiro atoms. The predicted octanol–water partition coefficient (Wildman–Crippen LogP) is -0.474. The van der Waals surface area contributed by atoms with E-state index in [1.807, 2.05) is 12.1 Å². The number of fused-ring (bicyclic) bond motifs is 1. The Balaban J connectivity index is 1.89. The van der Waals surface area contributed by atoms with Gasteiger partial charge in [0.2, 0.25) is 18.6 Å². The lowest BCUT2D eigenvalue weighted by molar-refractivity contribution is -0.139. The Kier molecular flexibility index (Phi) is 8.74. The van der Waals surface area contributed by atoms with E-state index in [-0.39, 0.29) is 25.4 Å². The van der Waals surface area contributed by atoms with Crippen molar-refractivity contribution in [3.63, 3.8) is 0 Å². The summed E-state index contributed by atoms with van der Waals surface area (Å²) in [6.45, 7) is -0.419. The van der Waals surface area contributed by atoms with E-state index in [2.05, 4.69) is 10.6 Å². The van der Waals surface area contributed by atoms with Crippen LogP contribution in [0.3, 0.4) is 0 Å². The molecule has 0 aliphatic carbocycles. The van der Waals surface area contributed by atoms with Gasteiger partial charge in [0, 0.05) is 17.9 Å². The molecule has 0 saturated heterocycles. The van der Waals surface area contributed by atoms with Gasteiger partial charge in [-0.15, -0.1) is 0 Å². The molecule has 1 aliphatic rings. The monoisotopic (exact) mass is 441 g/mol. The Morgan fingerprint density at radius 3 is 2.60 bits per heavy atom. The van der Waals surface area contributed by atoms with E-state index in [1.54, 1.807) is 6.07 Å². The molecule has 1 heterocycles. The van der Waals surface area contributed by atoms with E-state index in [4.69, 9.17) is 25.4 Å². The summed E-state index contributed by atoms with van der Waals surface area (Å²) in [5, 5.41) is 22.2. The molecular weight excluding hydrogens is 418 g/mol. The molecule has 1 aliphatic heterocycles. The molecular formula is C18H23N3O8S. The molecule has 1 aromatic rings. The normalized spacial score (nSPS) is 13.9. The lowest BCUT2D eigenvalue weighted by Gasteiger charge is -2.18. The number of hydrogen-bond donors (Lipinski definition) is 5. The highest BCUT2D eigenvalue weighted by molar-refractivity contribution is 7.98. The van der Waals surface area contributed by atoms with Crippen molar-refractivity contribution in [2.75, 3.05) is 19.1 Å². The summed E-state index contributed by atoms with van der Waals surface area (Å²) < 4.78 is 10.6. The van der Waals surface area contributed by atoms with E-state index in [0.29, 0.717) is 17.3 Å². The number of amides is 2. The van der Waals surface area contributed by atoms with Crippen molar-refractivity contribution >= 4 is 35.5 Å². The average Bonchev–Trinajstić information content (AvgIpc) is 3.17. The fourth-order valence-electron chi connectivity index (χ4n) is 2.47. The zero-order chi connectivity index (χ0) is 22.1. The van der Waals surface area contributed by atoms with Crippen molar-refractivity contribution in [2.45, 2.75) is 30.7 Å². The number of nitrogens with two attached hydrogens (primary N) is 1. The van der Waals surface area contributed by atoms with E-state index < -0.39 is 42.4 Å². The summed E-state index contributed by atoms with van der Waals surface area (Å²) in [6.07, 6.45) is -0.266. The molecule has 6 N–H and O–H groups in total. The first-order valence-electron chi connectivity index (χ1n) is 8.99. The van der Waals surface area contributed by atoms with Crippen molar-refractivity contribution in [2.24, 2.45) is 5.73 Å². The third-order valence-electron chi connectivity index (χ3n) is 4.06. The van der Waals surface area contributed by atoms with Gasteiger partial charge in [-0.3, -0.25) is 19.2 Å². The Hall–Kier alpha value is -2.99. The molecule has 0 saturated carbocycles. The van der Waals surface area contributed by atoms with Crippen molar-refractivity contribution in [1.29, 1.82) is 0 Å². The van der Waals surface area contributed by atoms with Crippen LogP contribution in [0.15, 0.2) is 18.2 Å². The molecule has 0 bridgehead atoms. The Bertz CT molecular complexity index is 804. The maximum Gasteiger partial charge on any atom is 0.322 e. The van der Waals surface area contributed by atoms with Gasteiger partial charge in [0.1, 0.15) is 18.6 Å². The zero-order valence-corrected chi connectivity index (χ0v) is 16.8. The summed E-state index contributed by atoms with van der Waals surface area (Å²) in [6, 6.07) is 3.28. The van der Waals surface area contributed by atoms with Crippen LogP contribution in [-0.2, 0) is 24.9 Å². The fraction of sp³-hybridized carbons (Fsp3) is 0.444. The Morgan fingerprint density at radius 2 is 1.90 bits per heavy atom.